The molecule has 1 atom stereocenters. The van der Waals surface area contributed by atoms with Crippen molar-refractivity contribution in [3.63, 3.8) is 0 Å². The lowest BCUT2D eigenvalue weighted by Gasteiger charge is -2.28. The van der Waals surface area contributed by atoms with Crippen molar-refractivity contribution >= 4 is 44.6 Å². The lowest BCUT2D eigenvalue weighted by atomic mass is 10.0. The number of rotatable bonds is 4. The molecule has 1 N–H and O–H groups in total. The third kappa shape index (κ3) is 3.34. The van der Waals surface area contributed by atoms with E-state index in [0.29, 0.717) is 4.34 Å². The maximum absolute atomic E-state index is 11.9. The maximum Gasteiger partial charge on any atom is 0.250 e. The quantitative estimate of drug-likeness (QED) is 0.869. The average molecular weight is 302 g/mol. The second kappa shape index (κ2) is 4.82. The minimum absolute atomic E-state index is 0.197. The number of thiophene rings is 1. The molecule has 7 heteroatoms. The minimum Gasteiger partial charge on any atom is -0.206 e. The summed E-state index contributed by atoms with van der Waals surface area (Å²) < 4.78 is 27.1. The highest BCUT2D eigenvalue weighted by Gasteiger charge is 2.31. The summed E-state index contributed by atoms with van der Waals surface area (Å²) in [4.78, 5) is 0. The van der Waals surface area contributed by atoms with Crippen LogP contribution in [0.1, 0.15) is 20.8 Å². The Morgan fingerprint density at radius 1 is 1.44 bits per heavy atom. The molecule has 1 unspecified atom stereocenters. The molecule has 1 heterocycles. The Balaban J connectivity index is 2.97. The van der Waals surface area contributed by atoms with Crippen LogP contribution in [0, 0.1) is 0 Å². The lowest BCUT2D eigenvalue weighted by Crippen LogP contribution is -2.48. The predicted molar refractivity (Wildman–Crippen MR) is 69.0 cm³/mol. The van der Waals surface area contributed by atoms with Gasteiger partial charge in [-0.3, -0.25) is 0 Å². The first-order valence-corrected chi connectivity index (χ1v) is 7.70. The van der Waals surface area contributed by atoms with Gasteiger partial charge in [-0.1, -0.05) is 11.6 Å². The molecule has 0 spiro atoms. The molecule has 1 rings (SSSR count). The molecule has 92 valence electrons. The standard InChI is InChI=1S/C9H13Cl2NO2S2/c1-6(10)9(2,3)12-16(13,14)8-5-4-7(11)15-8/h4-6,12H,1-3H3. The van der Waals surface area contributed by atoms with Crippen molar-refractivity contribution in [2.45, 2.75) is 35.9 Å². The van der Waals surface area contributed by atoms with Crippen molar-refractivity contribution in [1.82, 2.24) is 4.72 Å². The van der Waals surface area contributed by atoms with Crippen LogP contribution in [0.3, 0.4) is 0 Å². The third-order valence-corrected chi connectivity index (χ3v) is 6.15. The molecule has 0 saturated carbocycles. The molecule has 16 heavy (non-hydrogen) atoms. The summed E-state index contributed by atoms with van der Waals surface area (Å²) in [7, 11) is -3.54. The number of hydrogen-bond donors (Lipinski definition) is 1. The van der Waals surface area contributed by atoms with E-state index >= 15 is 0 Å². The lowest BCUT2D eigenvalue weighted by molar-refractivity contribution is 0.446. The first kappa shape index (κ1) is 14.3. The summed E-state index contributed by atoms with van der Waals surface area (Å²) in [5.74, 6) is 0. The molecule has 0 radical (unpaired) electrons. The smallest absolute Gasteiger partial charge is 0.206 e. The van der Waals surface area contributed by atoms with Gasteiger partial charge in [-0.05, 0) is 32.9 Å². The van der Waals surface area contributed by atoms with Crippen LogP contribution in [-0.2, 0) is 10.0 Å². The van der Waals surface area contributed by atoms with Crippen LogP contribution in [0.25, 0.3) is 0 Å². The Labute approximate surface area is 110 Å². The topological polar surface area (TPSA) is 46.2 Å². The van der Waals surface area contributed by atoms with Crippen LogP contribution in [-0.4, -0.2) is 19.3 Å². The first-order valence-electron chi connectivity index (χ1n) is 4.58. The van der Waals surface area contributed by atoms with E-state index in [2.05, 4.69) is 4.72 Å². The van der Waals surface area contributed by atoms with Gasteiger partial charge in [0.15, 0.2) is 0 Å². The van der Waals surface area contributed by atoms with Gasteiger partial charge < -0.3 is 0 Å². The minimum atomic E-state index is -3.54. The Bertz CT molecular complexity index is 466. The molecule has 0 aliphatic carbocycles. The molecule has 0 saturated heterocycles. The SMILES string of the molecule is CC(Cl)C(C)(C)NS(=O)(=O)c1ccc(Cl)s1. The van der Waals surface area contributed by atoms with Crippen LogP contribution in [0.2, 0.25) is 4.34 Å². The normalized spacial score (nSPS) is 15.1. The Kier molecular flexibility index (Phi) is 4.29. The summed E-state index contributed by atoms with van der Waals surface area (Å²) in [6.45, 7) is 5.21. The number of halogens is 2. The summed E-state index contributed by atoms with van der Waals surface area (Å²) in [6, 6.07) is 3.03. The second-order valence-electron chi connectivity index (χ2n) is 4.00. The van der Waals surface area contributed by atoms with Crippen LogP contribution in [0.15, 0.2) is 16.3 Å². The van der Waals surface area contributed by atoms with Gasteiger partial charge in [0.2, 0.25) is 0 Å². The highest BCUT2D eigenvalue weighted by atomic mass is 35.5. The molecule has 0 bridgehead atoms. The van der Waals surface area contributed by atoms with Gasteiger partial charge in [-0.2, -0.15) is 0 Å². The molecule has 0 aliphatic heterocycles. The average Bonchev–Trinajstić information content (AvgIpc) is 2.50. The summed E-state index contributed by atoms with van der Waals surface area (Å²) >= 11 is 12.6. The molecule has 1 aromatic heterocycles. The zero-order chi connectivity index (χ0) is 12.6. The number of hydrogen-bond acceptors (Lipinski definition) is 3. The summed E-state index contributed by atoms with van der Waals surface area (Å²) in [5, 5.41) is -0.322. The second-order valence-corrected chi connectivity index (χ2v) is 8.28. The molecule has 0 aliphatic rings. The van der Waals surface area contributed by atoms with Crippen LogP contribution in [0.4, 0.5) is 0 Å². The van der Waals surface area contributed by atoms with Gasteiger partial charge in [-0.15, -0.1) is 22.9 Å². The fourth-order valence-corrected chi connectivity index (χ4v) is 4.00. The van der Waals surface area contributed by atoms with E-state index in [-0.39, 0.29) is 9.59 Å². The van der Waals surface area contributed by atoms with E-state index in [1.807, 2.05) is 0 Å². The number of sulfonamides is 1. The molecular weight excluding hydrogens is 289 g/mol. The Morgan fingerprint density at radius 3 is 2.38 bits per heavy atom. The van der Waals surface area contributed by atoms with Crippen LogP contribution >= 0.6 is 34.5 Å². The van der Waals surface area contributed by atoms with E-state index < -0.39 is 15.6 Å². The van der Waals surface area contributed by atoms with Crippen molar-refractivity contribution in [2.24, 2.45) is 0 Å². The predicted octanol–water partition coefficient (Wildman–Crippen LogP) is 3.09. The summed E-state index contributed by atoms with van der Waals surface area (Å²) in [6.07, 6.45) is 0. The van der Waals surface area contributed by atoms with Crippen molar-refractivity contribution in [3.8, 4) is 0 Å². The largest absolute Gasteiger partial charge is 0.250 e. The highest BCUT2D eigenvalue weighted by molar-refractivity contribution is 7.91. The monoisotopic (exact) mass is 301 g/mol. The molecule has 3 nitrogen and oxygen atoms in total. The van der Waals surface area contributed by atoms with Crippen molar-refractivity contribution in [2.75, 3.05) is 0 Å². The molecule has 0 amide bonds. The maximum atomic E-state index is 11.9. The molecular formula is C9H13Cl2NO2S2. The molecule has 0 aromatic carbocycles. The van der Waals surface area contributed by atoms with Gasteiger partial charge in [0, 0.05) is 10.9 Å². The van der Waals surface area contributed by atoms with Crippen LogP contribution in [0.5, 0.6) is 0 Å². The van der Waals surface area contributed by atoms with Gasteiger partial charge in [0.05, 0.1) is 4.34 Å². The van der Waals surface area contributed by atoms with Crippen molar-refractivity contribution in [1.29, 1.82) is 0 Å². The summed E-state index contributed by atoms with van der Waals surface area (Å²) in [5.41, 5.74) is -0.711. The first-order chi connectivity index (χ1) is 7.15. The fourth-order valence-electron chi connectivity index (χ4n) is 0.920. The third-order valence-electron chi connectivity index (χ3n) is 2.21. The fraction of sp³-hybridized carbons (Fsp3) is 0.556. The van der Waals surface area contributed by atoms with E-state index in [1.165, 1.54) is 6.07 Å². The van der Waals surface area contributed by atoms with Gasteiger partial charge >= 0.3 is 0 Å². The van der Waals surface area contributed by atoms with E-state index in [0.717, 1.165) is 11.3 Å². The van der Waals surface area contributed by atoms with E-state index in [4.69, 9.17) is 23.2 Å². The van der Waals surface area contributed by atoms with Crippen molar-refractivity contribution < 1.29 is 8.42 Å². The van der Waals surface area contributed by atoms with Gasteiger partial charge in [0.1, 0.15) is 4.21 Å². The van der Waals surface area contributed by atoms with Gasteiger partial charge in [0.25, 0.3) is 10.0 Å². The number of alkyl halides is 1. The number of nitrogens with one attached hydrogen (secondary N) is 1. The molecule has 0 fully saturated rings. The zero-order valence-corrected chi connectivity index (χ0v) is 12.3. The zero-order valence-electron chi connectivity index (χ0n) is 9.12. The Morgan fingerprint density at radius 2 is 2.00 bits per heavy atom. The van der Waals surface area contributed by atoms with E-state index in [9.17, 15) is 8.42 Å². The molecule has 1 aromatic rings. The highest BCUT2D eigenvalue weighted by Crippen LogP contribution is 2.27. The van der Waals surface area contributed by atoms with Crippen LogP contribution < -0.4 is 4.72 Å². The van der Waals surface area contributed by atoms with E-state index in [1.54, 1.807) is 26.8 Å². The van der Waals surface area contributed by atoms with Gasteiger partial charge in [-0.25, -0.2) is 13.1 Å². The Hall–Kier alpha value is 0.190. The van der Waals surface area contributed by atoms with Crippen molar-refractivity contribution in [3.05, 3.63) is 16.5 Å².